The Morgan fingerprint density at radius 3 is 2.73 bits per heavy atom. The molecule has 0 radical (unpaired) electrons. The van der Waals surface area contributed by atoms with E-state index in [1.54, 1.807) is 17.4 Å². The first-order valence-corrected chi connectivity index (χ1v) is 7.46. The summed E-state index contributed by atoms with van der Waals surface area (Å²) in [5.74, 6) is -0.784. The fraction of sp³-hybridized carbons (Fsp3) is 0.308. The third-order valence-electron chi connectivity index (χ3n) is 3.13. The second-order valence-corrected chi connectivity index (χ2v) is 5.61. The van der Waals surface area contributed by atoms with E-state index in [4.69, 9.17) is 0 Å². The highest BCUT2D eigenvalue weighted by molar-refractivity contribution is 7.10. The zero-order valence-electron chi connectivity index (χ0n) is 11.5. The molecule has 3 rings (SSSR count). The van der Waals surface area contributed by atoms with E-state index >= 15 is 0 Å². The van der Waals surface area contributed by atoms with Crippen molar-refractivity contribution < 1.29 is 13.2 Å². The lowest BCUT2D eigenvalue weighted by atomic mass is 10.2. The third-order valence-corrected chi connectivity index (χ3v) is 4.12. The van der Waals surface area contributed by atoms with Crippen LogP contribution >= 0.6 is 11.3 Å². The highest BCUT2D eigenvalue weighted by Crippen LogP contribution is 2.29. The Morgan fingerprint density at radius 2 is 2.09 bits per heavy atom. The third kappa shape index (κ3) is 2.76. The van der Waals surface area contributed by atoms with Gasteiger partial charge in [0.25, 0.3) is 5.82 Å². The minimum absolute atomic E-state index is 0.00392. The molecule has 0 saturated carbocycles. The lowest BCUT2D eigenvalue weighted by Gasteiger charge is -2.16. The largest absolute Gasteiger partial charge is 0.453 e. The number of nitrogens with zero attached hydrogens (tertiary/aromatic N) is 4. The first-order chi connectivity index (χ1) is 10.5. The van der Waals surface area contributed by atoms with Crippen LogP contribution in [0.4, 0.5) is 19.0 Å². The van der Waals surface area contributed by atoms with Gasteiger partial charge >= 0.3 is 6.18 Å². The maximum Gasteiger partial charge on any atom is 0.453 e. The minimum Gasteiger partial charge on any atom is -0.361 e. The van der Waals surface area contributed by atoms with Gasteiger partial charge in [-0.3, -0.25) is 0 Å². The normalized spacial score (nSPS) is 13.5. The van der Waals surface area contributed by atoms with Gasteiger partial charge in [0, 0.05) is 4.88 Å². The van der Waals surface area contributed by atoms with Gasteiger partial charge in [-0.1, -0.05) is 13.0 Å². The molecule has 1 atom stereocenters. The van der Waals surface area contributed by atoms with Crippen LogP contribution in [0.5, 0.6) is 0 Å². The number of thiophene rings is 1. The van der Waals surface area contributed by atoms with E-state index in [0.29, 0.717) is 10.3 Å². The number of halogens is 3. The summed E-state index contributed by atoms with van der Waals surface area (Å²) < 4.78 is 39.3. The first-order valence-electron chi connectivity index (χ1n) is 6.58. The van der Waals surface area contributed by atoms with Crippen LogP contribution in [0.15, 0.2) is 29.6 Å². The Morgan fingerprint density at radius 1 is 1.27 bits per heavy atom. The van der Waals surface area contributed by atoms with Gasteiger partial charge in [-0.2, -0.15) is 17.7 Å². The Balaban J connectivity index is 1.94. The highest BCUT2D eigenvalue weighted by Gasteiger charge is 2.37. The van der Waals surface area contributed by atoms with E-state index in [9.17, 15) is 13.2 Å². The Kier molecular flexibility index (Phi) is 3.73. The van der Waals surface area contributed by atoms with Crippen LogP contribution in [0.2, 0.25) is 0 Å². The quantitative estimate of drug-likeness (QED) is 0.792. The predicted octanol–water partition coefficient (Wildman–Crippen LogP) is 3.77. The van der Waals surface area contributed by atoms with Crippen molar-refractivity contribution >= 4 is 22.8 Å². The van der Waals surface area contributed by atoms with Gasteiger partial charge in [0.2, 0.25) is 0 Å². The second kappa shape index (κ2) is 5.56. The molecule has 0 bridgehead atoms. The van der Waals surface area contributed by atoms with Gasteiger partial charge in [0.15, 0.2) is 5.65 Å². The Hall–Kier alpha value is -2.16. The fourth-order valence-electron chi connectivity index (χ4n) is 2.09. The molecule has 116 valence electrons. The average molecular weight is 327 g/mol. The number of alkyl halides is 3. The SMILES string of the molecule is CCC(Nc1ccc2nnc(C(F)(F)F)n2n1)c1cccs1. The summed E-state index contributed by atoms with van der Waals surface area (Å²) in [6.07, 6.45) is -3.81. The molecule has 0 aromatic carbocycles. The highest BCUT2D eigenvalue weighted by atomic mass is 32.1. The van der Waals surface area contributed by atoms with Crippen LogP contribution < -0.4 is 5.32 Å². The monoisotopic (exact) mass is 327 g/mol. The molecule has 3 heterocycles. The van der Waals surface area contributed by atoms with Crippen LogP contribution in [0.25, 0.3) is 5.65 Å². The van der Waals surface area contributed by atoms with E-state index in [1.165, 1.54) is 6.07 Å². The van der Waals surface area contributed by atoms with Gasteiger partial charge in [-0.25, -0.2) is 0 Å². The summed E-state index contributed by atoms with van der Waals surface area (Å²) in [6.45, 7) is 2.00. The van der Waals surface area contributed by atoms with Crippen LogP contribution in [-0.4, -0.2) is 19.8 Å². The Bertz CT molecular complexity index is 766. The molecule has 0 amide bonds. The van der Waals surface area contributed by atoms with Crippen LogP contribution in [-0.2, 0) is 6.18 Å². The number of hydrogen-bond donors (Lipinski definition) is 1. The van der Waals surface area contributed by atoms with E-state index in [1.807, 2.05) is 24.4 Å². The topological polar surface area (TPSA) is 55.1 Å². The predicted molar refractivity (Wildman–Crippen MR) is 76.8 cm³/mol. The van der Waals surface area contributed by atoms with Gasteiger partial charge in [-0.15, -0.1) is 26.6 Å². The number of anilines is 1. The fourth-order valence-corrected chi connectivity index (χ4v) is 2.95. The van der Waals surface area contributed by atoms with E-state index < -0.39 is 12.0 Å². The van der Waals surface area contributed by atoms with E-state index in [0.717, 1.165) is 11.3 Å². The molecule has 0 spiro atoms. The van der Waals surface area contributed by atoms with Gasteiger partial charge in [0.05, 0.1) is 6.04 Å². The number of nitrogens with one attached hydrogen (secondary N) is 1. The molecule has 9 heteroatoms. The van der Waals surface area contributed by atoms with Crippen molar-refractivity contribution in [3.8, 4) is 0 Å². The smallest absolute Gasteiger partial charge is 0.361 e. The van der Waals surface area contributed by atoms with Crippen molar-refractivity contribution in [2.24, 2.45) is 0 Å². The van der Waals surface area contributed by atoms with Gasteiger partial charge in [-0.05, 0) is 30.0 Å². The number of rotatable bonds is 4. The summed E-state index contributed by atoms with van der Waals surface area (Å²) in [5.41, 5.74) is 0.0575. The minimum atomic E-state index is -4.59. The zero-order chi connectivity index (χ0) is 15.7. The van der Waals surface area contributed by atoms with Crippen molar-refractivity contribution in [2.45, 2.75) is 25.6 Å². The molecule has 0 aliphatic carbocycles. The summed E-state index contributed by atoms with van der Waals surface area (Å²) >= 11 is 1.59. The summed E-state index contributed by atoms with van der Waals surface area (Å²) in [4.78, 5) is 1.10. The lowest BCUT2D eigenvalue weighted by molar-refractivity contribution is -0.146. The standard InChI is InChI=1S/C13H12F3N5S/c1-2-8(9-4-3-7-22-9)17-10-5-6-11-18-19-12(13(14,15)16)21(11)20-10/h3-8H,2H2,1H3,(H,17,20). The lowest BCUT2D eigenvalue weighted by Crippen LogP contribution is -2.15. The summed E-state index contributed by atoms with van der Waals surface area (Å²) in [7, 11) is 0. The molecular formula is C13H12F3N5S. The average Bonchev–Trinajstić information content (AvgIpc) is 3.12. The van der Waals surface area contributed by atoms with E-state index in [2.05, 4.69) is 20.6 Å². The maximum absolute atomic E-state index is 12.9. The van der Waals surface area contributed by atoms with E-state index in [-0.39, 0.29) is 11.7 Å². The zero-order valence-corrected chi connectivity index (χ0v) is 12.3. The van der Waals surface area contributed by atoms with Crippen molar-refractivity contribution in [1.29, 1.82) is 0 Å². The summed E-state index contributed by atoms with van der Waals surface area (Å²) in [5, 5.41) is 15.7. The molecule has 0 aliphatic heterocycles. The molecule has 1 N–H and O–H groups in total. The maximum atomic E-state index is 12.9. The number of fused-ring (bicyclic) bond motifs is 1. The van der Waals surface area contributed by atoms with Crippen molar-refractivity contribution in [3.05, 3.63) is 40.3 Å². The van der Waals surface area contributed by atoms with Crippen molar-refractivity contribution in [3.63, 3.8) is 0 Å². The van der Waals surface area contributed by atoms with Crippen LogP contribution in [0.1, 0.15) is 30.1 Å². The molecular weight excluding hydrogens is 315 g/mol. The summed E-state index contributed by atoms with van der Waals surface area (Å²) in [6, 6.07) is 6.96. The first kappa shape index (κ1) is 14.8. The van der Waals surface area contributed by atoms with Crippen molar-refractivity contribution in [2.75, 3.05) is 5.32 Å². The molecule has 22 heavy (non-hydrogen) atoms. The molecule has 0 saturated heterocycles. The number of hydrogen-bond acceptors (Lipinski definition) is 5. The van der Waals surface area contributed by atoms with Crippen LogP contribution in [0.3, 0.4) is 0 Å². The number of aromatic nitrogens is 4. The van der Waals surface area contributed by atoms with Crippen molar-refractivity contribution in [1.82, 2.24) is 19.8 Å². The molecule has 0 fully saturated rings. The molecule has 5 nitrogen and oxygen atoms in total. The molecule has 3 aromatic heterocycles. The van der Waals surface area contributed by atoms with Crippen LogP contribution in [0, 0.1) is 0 Å². The molecule has 3 aromatic rings. The molecule has 1 unspecified atom stereocenters. The second-order valence-electron chi connectivity index (χ2n) is 4.63. The van der Waals surface area contributed by atoms with Gasteiger partial charge in [0.1, 0.15) is 5.82 Å². The Labute approximate surface area is 127 Å². The van der Waals surface area contributed by atoms with Gasteiger partial charge < -0.3 is 5.32 Å². The molecule has 0 aliphatic rings.